The molecule has 1 aliphatic heterocycles. The Morgan fingerprint density at radius 2 is 1.75 bits per heavy atom. The molecule has 88 valence electrons. The van der Waals surface area contributed by atoms with Crippen LogP contribution < -0.4 is 5.32 Å². The zero-order chi connectivity index (χ0) is 11.4. The predicted octanol–water partition coefficient (Wildman–Crippen LogP) is 1.86. The van der Waals surface area contributed by atoms with Crippen molar-refractivity contribution in [1.29, 1.82) is 0 Å². The molecule has 1 spiro atoms. The molecule has 2 nitrogen and oxygen atoms in total. The van der Waals surface area contributed by atoms with E-state index < -0.39 is 0 Å². The van der Waals surface area contributed by atoms with Crippen LogP contribution in [0.5, 0.6) is 0 Å². The molecule has 1 aliphatic carbocycles. The molecule has 1 heterocycles. The topological polar surface area (TPSA) is 32.3 Å². The van der Waals surface area contributed by atoms with Gasteiger partial charge in [-0.15, -0.1) is 0 Å². The first-order valence-corrected chi connectivity index (χ1v) is 6.15. The van der Waals surface area contributed by atoms with Crippen LogP contribution in [0.15, 0.2) is 24.3 Å². The van der Waals surface area contributed by atoms with Gasteiger partial charge >= 0.3 is 0 Å². The minimum absolute atomic E-state index is 0.543. The summed E-state index contributed by atoms with van der Waals surface area (Å²) in [7, 11) is 1.00. The number of rotatable bonds is 0. The highest BCUT2D eigenvalue weighted by molar-refractivity contribution is 5.39. The van der Waals surface area contributed by atoms with Gasteiger partial charge in [0.1, 0.15) is 0 Å². The number of fused-ring (bicyclic) bond motifs is 2. The second-order valence-electron chi connectivity index (χ2n) is 4.69. The van der Waals surface area contributed by atoms with E-state index >= 15 is 0 Å². The highest BCUT2D eigenvalue weighted by Crippen LogP contribution is 2.44. The van der Waals surface area contributed by atoms with E-state index in [9.17, 15) is 0 Å². The summed E-state index contributed by atoms with van der Waals surface area (Å²) < 4.78 is 0. The fraction of sp³-hybridized carbons (Fsp3) is 0.571. The molecule has 1 saturated heterocycles. The summed E-state index contributed by atoms with van der Waals surface area (Å²) >= 11 is 0. The molecule has 0 radical (unpaired) electrons. The van der Waals surface area contributed by atoms with Gasteiger partial charge < -0.3 is 10.4 Å². The first-order chi connectivity index (χ1) is 7.91. The number of benzene rings is 1. The number of aliphatic hydroxyl groups is 1. The molecule has 3 rings (SSSR count). The average Bonchev–Trinajstić information content (AvgIpc) is 2.73. The second-order valence-corrected chi connectivity index (χ2v) is 4.69. The third kappa shape index (κ3) is 1.87. The Kier molecular flexibility index (Phi) is 3.62. The van der Waals surface area contributed by atoms with Gasteiger partial charge in [-0.3, -0.25) is 0 Å². The molecule has 0 aromatic heterocycles. The second kappa shape index (κ2) is 4.98. The number of piperidine rings is 1. The number of nitrogens with one attached hydrogen (secondary N) is 1. The maximum Gasteiger partial charge on any atom is 0.0319 e. The first-order valence-electron chi connectivity index (χ1n) is 6.15. The summed E-state index contributed by atoms with van der Waals surface area (Å²) in [5, 5.41) is 10.5. The molecule has 16 heavy (non-hydrogen) atoms. The summed E-state index contributed by atoms with van der Waals surface area (Å²) in [4.78, 5) is 0. The summed E-state index contributed by atoms with van der Waals surface area (Å²) in [6, 6.07) is 9.05. The van der Waals surface area contributed by atoms with Crippen molar-refractivity contribution in [3.63, 3.8) is 0 Å². The lowest BCUT2D eigenvalue weighted by atomic mass is 9.74. The van der Waals surface area contributed by atoms with Crippen molar-refractivity contribution in [3.8, 4) is 0 Å². The van der Waals surface area contributed by atoms with Gasteiger partial charge in [-0.1, -0.05) is 24.3 Å². The lowest BCUT2D eigenvalue weighted by Gasteiger charge is -2.34. The third-order valence-electron chi connectivity index (χ3n) is 4.02. The van der Waals surface area contributed by atoms with Gasteiger partial charge in [-0.25, -0.2) is 0 Å². The highest BCUT2D eigenvalue weighted by Gasteiger charge is 2.38. The smallest absolute Gasteiger partial charge is 0.0319 e. The zero-order valence-electron chi connectivity index (χ0n) is 10.00. The van der Waals surface area contributed by atoms with Gasteiger partial charge in [0.2, 0.25) is 0 Å². The zero-order valence-corrected chi connectivity index (χ0v) is 10.00. The summed E-state index contributed by atoms with van der Waals surface area (Å²) in [6.45, 7) is 2.41. The Hall–Kier alpha value is -0.860. The lowest BCUT2D eigenvalue weighted by Crippen LogP contribution is -2.38. The van der Waals surface area contributed by atoms with Crippen molar-refractivity contribution in [3.05, 3.63) is 35.4 Å². The van der Waals surface area contributed by atoms with Crippen LogP contribution in [0.25, 0.3) is 0 Å². The van der Waals surface area contributed by atoms with Crippen LogP contribution in [-0.2, 0) is 11.8 Å². The van der Waals surface area contributed by atoms with Gasteiger partial charge in [0.05, 0.1) is 0 Å². The van der Waals surface area contributed by atoms with Crippen molar-refractivity contribution in [2.24, 2.45) is 0 Å². The number of hydrogen-bond acceptors (Lipinski definition) is 2. The van der Waals surface area contributed by atoms with Gasteiger partial charge in [0, 0.05) is 7.11 Å². The number of hydrogen-bond donors (Lipinski definition) is 2. The minimum atomic E-state index is 0.543. The van der Waals surface area contributed by atoms with Crippen LogP contribution in [0.1, 0.15) is 30.4 Å². The fourth-order valence-electron chi connectivity index (χ4n) is 3.19. The number of aryl methyl sites for hydroxylation is 1. The Morgan fingerprint density at radius 1 is 1.06 bits per heavy atom. The van der Waals surface area contributed by atoms with E-state index in [0.29, 0.717) is 5.41 Å². The molecular formula is C14H21NO. The molecule has 0 bridgehead atoms. The molecule has 0 amide bonds. The third-order valence-corrected chi connectivity index (χ3v) is 4.02. The fourth-order valence-corrected chi connectivity index (χ4v) is 3.19. The van der Waals surface area contributed by atoms with Crippen molar-refractivity contribution in [2.75, 3.05) is 20.2 Å². The van der Waals surface area contributed by atoms with Crippen molar-refractivity contribution >= 4 is 0 Å². The van der Waals surface area contributed by atoms with E-state index in [0.717, 1.165) is 7.11 Å². The van der Waals surface area contributed by atoms with Crippen LogP contribution in [-0.4, -0.2) is 25.3 Å². The summed E-state index contributed by atoms with van der Waals surface area (Å²) in [5.41, 5.74) is 3.80. The van der Waals surface area contributed by atoms with E-state index in [1.54, 1.807) is 11.1 Å². The SMILES string of the molecule is CO.c1ccc2c(c1)CCC21CCNCC1. The standard InChI is InChI=1S/C13H17N.CH4O/c1-2-4-12-11(3-1)5-6-13(12)7-9-14-10-8-13;1-2/h1-4,14H,5-10H2;2H,1H3. The number of aliphatic hydroxyl groups excluding tert-OH is 1. The monoisotopic (exact) mass is 219 g/mol. The van der Waals surface area contributed by atoms with Gasteiger partial charge in [0.15, 0.2) is 0 Å². The molecular weight excluding hydrogens is 198 g/mol. The molecule has 1 aromatic rings. The van der Waals surface area contributed by atoms with Crippen LogP contribution in [0.4, 0.5) is 0 Å². The normalized spacial score (nSPS) is 21.1. The van der Waals surface area contributed by atoms with Gasteiger partial charge in [-0.2, -0.15) is 0 Å². The summed E-state index contributed by atoms with van der Waals surface area (Å²) in [5.74, 6) is 0. The molecule has 1 fully saturated rings. The minimum Gasteiger partial charge on any atom is -0.400 e. The molecule has 0 atom stereocenters. The average molecular weight is 219 g/mol. The van der Waals surface area contributed by atoms with Crippen molar-refractivity contribution in [1.82, 2.24) is 5.32 Å². The van der Waals surface area contributed by atoms with E-state index in [1.165, 1.54) is 38.8 Å². The lowest BCUT2D eigenvalue weighted by molar-refractivity contribution is 0.306. The van der Waals surface area contributed by atoms with E-state index in [1.807, 2.05) is 0 Å². The van der Waals surface area contributed by atoms with Gasteiger partial charge in [-0.05, 0) is 55.3 Å². The molecule has 0 unspecified atom stereocenters. The largest absolute Gasteiger partial charge is 0.400 e. The molecule has 1 aromatic carbocycles. The van der Waals surface area contributed by atoms with Crippen LogP contribution in [0.2, 0.25) is 0 Å². The molecule has 2 aliphatic rings. The molecule has 2 N–H and O–H groups in total. The van der Waals surface area contributed by atoms with E-state index in [4.69, 9.17) is 5.11 Å². The molecule has 0 saturated carbocycles. The Labute approximate surface area is 97.7 Å². The Bertz CT molecular complexity index is 337. The van der Waals surface area contributed by atoms with Crippen LogP contribution >= 0.6 is 0 Å². The Balaban J connectivity index is 0.000000457. The Morgan fingerprint density at radius 3 is 2.50 bits per heavy atom. The van der Waals surface area contributed by atoms with Crippen LogP contribution in [0, 0.1) is 0 Å². The molecule has 2 heteroatoms. The van der Waals surface area contributed by atoms with Gasteiger partial charge in [0.25, 0.3) is 0 Å². The maximum atomic E-state index is 7.00. The highest BCUT2D eigenvalue weighted by atomic mass is 16.2. The van der Waals surface area contributed by atoms with E-state index in [-0.39, 0.29) is 0 Å². The van der Waals surface area contributed by atoms with Crippen LogP contribution in [0.3, 0.4) is 0 Å². The van der Waals surface area contributed by atoms with Crippen molar-refractivity contribution in [2.45, 2.75) is 31.1 Å². The van der Waals surface area contributed by atoms with Crippen molar-refractivity contribution < 1.29 is 5.11 Å². The maximum absolute atomic E-state index is 7.00. The quantitative estimate of drug-likeness (QED) is 0.698. The first kappa shape index (κ1) is 11.6. The summed E-state index contributed by atoms with van der Waals surface area (Å²) in [6.07, 6.45) is 5.36. The predicted molar refractivity (Wildman–Crippen MR) is 66.7 cm³/mol. The van der Waals surface area contributed by atoms with E-state index in [2.05, 4.69) is 29.6 Å².